The first-order chi connectivity index (χ1) is 49.7. The number of allylic oxidation sites excluding steroid dienone is 20. The van der Waals surface area contributed by atoms with E-state index in [1.165, 1.54) is 89.9 Å². The molecule has 0 saturated carbocycles. The third-order valence-corrected chi connectivity index (χ3v) is 18.3. The lowest BCUT2D eigenvalue weighted by Crippen LogP contribution is -2.30. The van der Waals surface area contributed by atoms with Crippen LogP contribution in [0.3, 0.4) is 0 Å². The number of hydrogen-bond donors (Lipinski definition) is 3. The first-order valence-electron chi connectivity index (χ1n) is 39.8. The van der Waals surface area contributed by atoms with E-state index in [2.05, 4.69) is 137 Å². The molecule has 3 N–H and O–H groups in total. The standard InChI is InChI=1S/C83H142O17P2/c1-5-9-13-17-21-25-29-33-36-38-41-44-47-51-55-59-63-67-80(85)93-73-78(99-82(87)69-65-61-57-53-49-43-32-28-24-20-16-12-8-4)75-97-101(89,90)95-71-77(84)72-96-102(91,92)98-76-79(100-83(88)70-66-62-58-54-50-46-40-35-31-27-23-19-15-11-7-3)74-94-81(86)68-64-60-56-52-48-45-42-39-37-34-30-26-22-18-14-10-6-2/h9-10,13-14,21-22,25-26,33-37,40-42,44-45,51,55,77-79,84H,5-8,11-12,15-20,23-24,27-32,38-39,43,46-50,52-54,56-76H2,1-4H3,(H,89,90)(H,91,92)/b13-9-,14-10-,25-21-,26-22-,36-33-,37-34-,40-35-,44-41-,45-42-,55-51-. The van der Waals surface area contributed by atoms with Gasteiger partial charge in [0.25, 0.3) is 0 Å². The van der Waals surface area contributed by atoms with E-state index in [-0.39, 0.29) is 25.7 Å². The van der Waals surface area contributed by atoms with Crippen molar-refractivity contribution in [2.24, 2.45) is 0 Å². The van der Waals surface area contributed by atoms with Gasteiger partial charge in [-0.15, -0.1) is 0 Å². The molecule has 0 heterocycles. The zero-order valence-corrected chi connectivity index (χ0v) is 65.8. The molecule has 0 saturated heterocycles. The fraction of sp³-hybridized carbons (Fsp3) is 0.711. The maximum Gasteiger partial charge on any atom is 0.472 e. The lowest BCUT2D eigenvalue weighted by molar-refractivity contribution is -0.161. The highest BCUT2D eigenvalue weighted by Gasteiger charge is 2.30. The normalized spacial score (nSPS) is 14.5. The van der Waals surface area contributed by atoms with Crippen LogP contribution in [0.25, 0.3) is 0 Å². The van der Waals surface area contributed by atoms with Crippen molar-refractivity contribution < 1.29 is 80.2 Å². The Kier molecular flexibility index (Phi) is 71.4. The molecule has 0 radical (unpaired) electrons. The zero-order valence-electron chi connectivity index (χ0n) is 64.0. The summed E-state index contributed by atoms with van der Waals surface area (Å²) >= 11 is 0. The van der Waals surface area contributed by atoms with Crippen LogP contribution in [-0.4, -0.2) is 96.7 Å². The van der Waals surface area contributed by atoms with Crippen LogP contribution < -0.4 is 0 Å². The Bertz CT molecular complexity index is 2410. The van der Waals surface area contributed by atoms with Gasteiger partial charge >= 0.3 is 39.5 Å². The van der Waals surface area contributed by atoms with Crippen molar-refractivity contribution in [3.8, 4) is 0 Å². The Morgan fingerprint density at radius 3 is 0.833 bits per heavy atom. The minimum atomic E-state index is -4.99. The first-order valence-corrected chi connectivity index (χ1v) is 42.8. The molecule has 0 rings (SSSR count). The predicted octanol–water partition coefficient (Wildman–Crippen LogP) is 23.1. The molecule has 0 aliphatic carbocycles. The lowest BCUT2D eigenvalue weighted by atomic mass is 10.0. The molecule has 19 heteroatoms. The summed E-state index contributed by atoms with van der Waals surface area (Å²) in [5, 5.41) is 10.6. The van der Waals surface area contributed by atoms with Crippen molar-refractivity contribution in [3.63, 3.8) is 0 Å². The summed E-state index contributed by atoms with van der Waals surface area (Å²) in [6.07, 6.45) is 81.8. The molecule has 0 aliphatic heterocycles. The summed E-state index contributed by atoms with van der Waals surface area (Å²) < 4.78 is 68.5. The molecule has 0 aromatic carbocycles. The van der Waals surface area contributed by atoms with E-state index in [1.54, 1.807) is 0 Å². The molecule has 586 valence electrons. The number of rotatable bonds is 74. The van der Waals surface area contributed by atoms with E-state index in [0.717, 1.165) is 148 Å². The topological polar surface area (TPSA) is 237 Å². The number of unbranched alkanes of at least 4 members (excludes halogenated alkanes) is 28. The number of hydrogen-bond acceptors (Lipinski definition) is 15. The molecule has 0 aromatic heterocycles. The maximum atomic E-state index is 13.1. The SMILES string of the molecule is CC/C=C\C/C=C\C/C=C\C/C=C\C/C=C\CCCC(=O)OCC(COP(=O)(O)OCC(O)COP(=O)(O)OCC(COC(=O)CCCCCC/C=C\C/C=C\C/C=C\C/C=C\CC)OC(=O)CCCCCCC/C=C\CCCCCCCC)OC(=O)CCCCCCCCCCCCCCC. The quantitative estimate of drug-likeness (QED) is 0.0169. The van der Waals surface area contributed by atoms with Gasteiger partial charge < -0.3 is 33.8 Å². The van der Waals surface area contributed by atoms with Crippen LogP contribution in [0.1, 0.15) is 323 Å². The fourth-order valence-electron chi connectivity index (χ4n) is 10.4. The number of ether oxygens (including phenoxy) is 4. The molecular weight excluding hydrogens is 1330 g/mol. The maximum absolute atomic E-state index is 13.1. The van der Waals surface area contributed by atoms with Crippen LogP contribution in [0.5, 0.6) is 0 Å². The van der Waals surface area contributed by atoms with Gasteiger partial charge in [0.15, 0.2) is 12.2 Å². The third-order valence-electron chi connectivity index (χ3n) is 16.4. The number of carbonyl (C=O) groups is 4. The Morgan fingerprint density at radius 2 is 0.520 bits per heavy atom. The molecule has 0 spiro atoms. The van der Waals surface area contributed by atoms with Gasteiger partial charge in [0.2, 0.25) is 0 Å². The fourth-order valence-corrected chi connectivity index (χ4v) is 12.0. The van der Waals surface area contributed by atoms with Crippen molar-refractivity contribution in [2.75, 3.05) is 39.6 Å². The molecule has 5 atom stereocenters. The van der Waals surface area contributed by atoms with Crippen LogP contribution in [-0.2, 0) is 65.4 Å². The summed E-state index contributed by atoms with van der Waals surface area (Å²) in [4.78, 5) is 73.0. The minimum Gasteiger partial charge on any atom is -0.462 e. The summed E-state index contributed by atoms with van der Waals surface area (Å²) in [5.74, 6) is -2.27. The molecule has 0 aliphatic rings. The molecule has 5 unspecified atom stereocenters. The second-order valence-electron chi connectivity index (χ2n) is 26.2. The predicted molar refractivity (Wildman–Crippen MR) is 418 cm³/mol. The van der Waals surface area contributed by atoms with Gasteiger partial charge in [-0.3, -0.25) is 37.3 Å². The van der Waals surface area contributed by atoms with Crippen molar-refractivity contribution in [2.45, 2.75) is 341 Å². The average molecular weight is 1470 g/mol. The Hall–Kier alpha value is -4.54. The third kappa shape index (κ3) is 73.8. The van der Waals surface area contributed by atoms with Gasteiger partial charge in [0, 0.05) is 25.7 Å². The summed E-state index contributed by atoms with van der Waals surface area (Å²) in [7, 11) is -9.98. The molecule has 0 bridgehead atoms. The largest absolute Gasteiger partial charge is 0.472 e. The highest BCUT2D eigenvalue weighted by Crippen LogP contribution is 2.45. The second-order valence-corrected chi connectivity index (χ2v) is 29.2. The number of esters is 4. The van der Waals surface area contributed by atoms with Crippen molar-refractivity contribution in [3.05, 3.63) is 122 Å². The van der Waals surface area contributed by atoms with E-state index in [1.807, 2.05) is 12.2 Å². The van der Waals surface area contributed by atoms with Crippen LogP contribution >= 0.6 is 15.6 Å². The van der Waals surface area contributed by atoms with Gasteiger partial charge in [0.05, 0.1) is 26.4 Å². The minimum absolute atomic E-state index is 0.0771. The van der Waals surface area contributed by atoms with Gasteiger partial charge in [0.1, 0.15) is 19.3 Å². The monoisotopic (exact) mass is 1470 g/mol. The molecule has 17 nitrogen and oxygen atoms in total. The van der Waals surface area contributed by atoms with E-state index in [0.29, 0.717) is 32.1 Å². The number of aliphatic hydroxyl groups is 1. The van der Waals surface area contributed by atoms with Crippen molar-refractivity contribution >= 4 is 39.5 Å². The van der Waals surface area contributed by atoms with E-state index < -0.39 is 97.5 Å². The molecule has 102 heavy (non-hydrogen) atoms. The van der Waals surface area contributed by atoms with Gasteiger partial charge in [-0.1, -0.05) is 290 Å². The Balaban J connectivity index is 5.42. The van der Waals surface area contributed by atoms with Crippen molar-refractivity contribution in [1.29, 1.82) is 0 Å². The lowest BCUT2D eigenvalue weighted by Gasteiger charge is -2.21. The summed E-state index contributed by atoms with van der Waals surface area (Å²) in [6, 6.07) is 0. The summed E-state index contributed by atoms with van der Waals surface area (Å²) in [6.45, 7) is 4.57. The van der Waals surface area contributed by atoms with Crippen LogP contribution in [0.15, 0.2) is 122 Å². The van der Waals surface area contributed by atoms with E-state index in [4.69, 9.17) is 37.0 Å². The second kappa shape index (κ2) is 74.7. The molecular formula is C83H142O17P2. The highest BCUT2D eigenvalue weighted by atomic mass is 31.2. The summed E-state index contributed by atoms with van der Waals surface area (Å²) in [5.41, 5.74) is 0. The molecule has 0 aromatic rings. The van der Waals surface area contributed by atoms with E-state index >= 15 is 0 Å². The Labute approximate surface area is 619 Å². The number of phosphoric acid groups is 2. The highest BCUT2D eigenvalue weighted by molar-refractivity contribution is 7.47. The van der Waals surface area contributed by atoms with Crippen molar-refractivity contribution in [1.82, 2.24) is 0 Å². The number of aliphatic hydroxyl groups excluding tert-OH is 1. The number of phosphoric ester groups is 2. The van der Waals surface area contributed by atoms with E-state index in [9.17, 15) is 43.2 Å². The first kappa shape index (κ1) is 97.5. The van der Waals surface area contributed by atoms with Crippen LogP contribution in [0.4, 0.5) is 0 Å². The molecule has 0 amide bonds. The zero-order chi connectivity index (χ0) is 74.6. The average Bonchev–Trinajstić information content (AvgIpc) is 0.908. The van der Waals surface area contributed by atoms with Gasteiger partial charge in [-0.05, 0) is 128 Å². The Morgan fingerprint density at radius 1 is 0.284 bits per heavy atom. The van der Waals surface area contributed by atoms with Gasteiger partial charge in [-0.2, -0.15) is 0 Å². The van der Waals surface area contributed by atoms with Gasteiger partial charge in [-0.25, -0.2) is 9.13 Å². The smallest absolute Gasteiger partial charge is 0.462 e. The van der Waals surface area contributed by atoms with Crippen LogP contribution in [0, 0.1) is 0 Å². The number of carbonyl (C=O) groups excluding carboxylic acids is 4. The molecule has 0 fully saturated rings. The van der Waals surface area contributed by atoms with Crippen LogP contribution in [0.2, 0.25) is 0 Å².